The Morgan fingerprint density at radius 2 is 1.06 bits per heavy atom. The third kappa shape index (κ3) is 4.15. The van der Waals surface area contributed by atoms with E-state index in [1.807, 2.05) is 48.9 Å². The molecule has 0 aliphatic carbocycles. The molecule has 5 nitrogen and oxygen atoms in total. The summed E-state index contributed by atoms with van der Waals surface area (Å²) >= 11 is 0. The van der Waals surface area contributed by atoms with Crippen LogP contribution in [0.4, 0.5) is 0 Å². The van der Waals surface area contributed by atoms with E-state index in [1.54, 1.807) is 0 Å². The van der Waals surface area contributed by atoms with Crippen LogP contribution in [0.5, 0.6) is 0 Å². The topological polar surface area (TPSA) is 64.7 Å². The first-order valence-corrected chi connectivity index (χ1v) is 17.0. The van der Waals surface area contributed by atoms with E-state index < -0.39 is 0 Å². The Bertz CT molecular complexity index is 3200. The molecular weight excluding hydrogens is 625 g/mol. The van der Waals surface area contributed by atoms with E-state index in [2.05, 4.69) is 114 Å². The fourth-order valence-corrected chi connectivity index (χ4v) is 7.87. The molecule has 0 aliphatic heterocycles. The van der Waals surface area contributed by atoms with Crippen LogP contribution in [0.3, 0.4) is 0 Å². The molecule has 0 N–H and O–H groups in total. The van der Waals surface area contributed by atoms with Gasteiger partial charge in [-0.1, -0.05) is 103 Å². The summed E-state index contributed by atoms with van der Waals surface area (Å²) in [6.07, 6.45) is 5.58. The molecule has 0 aliphatic rings. The monoisotopic (exact) mass is 650 g/mol. The lowest BCUT2D eigenvalue weighted by molar-refractivity contribution is 0.673. The Kier molecular flexibility index (Phi) is 5.89. The summed E-state index contributed by atoms with van der Waals surface area (Å²) in [4.78, 5) is 19.5. The number of aromatic nitrogens is 4. The molecule has 5 aromatic heterocycles. The van der Waals surface area contributed by atoms with Crippen LogP contribution < -0.4 is 0 Å². The lowest BCUT2D eigenvalue weighted by Gasteiger charge is -2.14. The van der Waals surface area contributed by atoms with Gasteiger partial charge in [-0.25, -0.2) is 4.98 Å². The predicted molar refractivity (Wildman–Crippen MR) is 209 cm³/mol. The largest absolute Gasteiger partial charge is 0.455 e. The second-order valence-corrected chi connectivity index (χ2v) is 13.0. The van der Waals surface area contributed by atoms with Gasteiger partial charge in [0.2, 0.25) is 0 Å². The summed E-state index contributed by atoms with van der Waals surface area (Å²) in [7, 11) is 0. The number of nitrogens with zero attached hydrogens (tertiary/aromatic N) is 4. The van der Waals surface area contributed by atoms with Crippen molar-refractivity contribution in [3.05, 3.63) is 158 Å². The average Bonchev–Trinajstić information content (AvgIpc) is 3.59. The highest BCUT2D eigenvalue weighted by Crippen LogP contribution is 2.42. The SMILES string of the molecule is c1cnc2c(c1)ccc1c(-c3ccc(-c4ccc(-c5nc6ccccc6c6c5ccc5c7ccccc7oc56)cc4)c4ncccc34)ccnc12. The van der Waals surface area contributed by atoms with E-state index in [-0.39, 0.29) is 0 Å². The van der Waals surface area contributed by atoms with Crippen LogP contribution in [-0.4, -0.2) is 19.9 Å². The Labute approximate surface area is 291 Å². The summed E-state index contributed by atoms with van der Waals surface area (Å²) in [6.45, 7) is 0. The normalized spacial score (nSPS) is 11.9. The maximum atomic E-state index is 6.53. The highest BCUT2D eigenvalue weighted by atomic mass is 16.3. The zero-order valence-electron chi connectivity index (χ0n) is 27.2. The maximum Gasteiger partial charge on any atom is 0.144 e. The van der Waals surface area contributed by atoms with Crippen molar-refractivity contribution in [2.45, 2.75) is 0 Å². The van der Waals surface area contributed by atoms with Crippen LogP contribution in [0.25, 0.3) is 110 Å². The molecule has 0 atom stereocenters. The molecule has 0 unspecified atom stereocenters. The number of benzene rings is 6. The van der Waals surface area contributed by atoms with Gasteiger partial charge in [0.1, 0.15) is 11.2 Å². The highest BCUT2D eigenvalue weighted by Gasteiger charge is 2.18. The summed E-state index contributed by atoms with van der Waals surface area (Å²) in [6, 6.07) is 48.6. The van der Waals surface area contributed by atoms with Gasteiger partial charge in [0.15, 0.2) is 0 Å². The van der Waals surface area contributed by atoms with Crippen molar-refractivity contribution in [2.24, 2.45) is 0 Å². The van der Waals surface area contributed by atoms with Crippen molar-refractivity contribution >= 4 is 76.3 Å². The quantitative estimate of drug-likeness (QED) is 0.178. The second kappa shape index (κ2) is 10.8. The summed E-state index contributed by atoms with van der Waals surface area (Å²) < 4.78 is 6.53. The van der Waals surface area contributed by atoms with Crippen LogP contribution in [0.1, 0.15) is 0 Å². The summed E-state index contributed by atoms with van der Waals surface area (Å²) in [5, 5.41) is 8.71. The van der Waals surface area contributed by atoms with Gasteiger partial charge in [-0.2, -0.15) is 0 Å². The van der Waals surface area contributed by atoms with Gasteiger partial charge in [-0.3, -0.25) is 15.0 Å². The summed E-state index contributed by atoms with van der Waals surface area (Å²) in [5.41, 5.74) is 11.9. The molecule has 0 amide bonds. The predicted octanol–water partition coefficient (Wildman–Crippen LogP) is 11.9. The molecular formula is C46H26N4O. The molecule has 51 heavy (non-hydrogen) atoms. The molecule has 0 radical (unpaired) electrons. The number of furan rings is 1. The lowest BCUT2D eigenvalue weighted by Crippen LogP contribution is -1.92. The van der Waals surface area contributed by atoms with Crippen molar-refractivity contribution in [1.82, 2.24) is 19.9 Å². The molecule has 0 saturated heterocycles. The zero-order valence-corrected chi connectivity index (χ0v) is 27.2. The number of rotatable bonds is 3. The van der Waals surface area contributed by atoms with Crippen LogP contribution in [-0.2, 0) is 0 Å². The number of hydrogen-bond acceptors (Lipinski definition) is 5. The summed E-state index contributed by atoms with van der Waals surface area (Å²) in [5.74, 6) is 0. The van der Waals surface area contributed by atoms with E-state index >= 15 is 0 Å². The van der Waals surface area contributed by atoms with Gasteiger partial charge >= 0.3 is 0 Å². The third-order valence-electron chi connectivity index (χ3n) is 10.2. The van der Waals surface area contributed by atoms with Crippen LogP contribution >= 0.6 is 0 Å². The van der Waals surface area contributed by atoms with Gasteiger partial charge in [-0.15, -0.1) is 0 Å². The Balaban J connectivity index is 1.06. The minimum Gasteiger partial charge on any atom is -0.455 e. The van der Waals surface area contributed by atoms with E-state index in [9.17, 15) is 0 Å². The first-order valence-electron chi connectivity index (χ1n) is 17.0. The molecule has 236 valence electrons. The molecule has 0 spiro atoms. The lowest BCUT2D eigenvalue weighted by atomic mass is 9.92. The second-order valence-electron chi connectivity index (χ2n) is 13.0. The zero-order chi connectivity index (χ0) is 33.5. The molecule has 0 bridgehead atoms. The van der Waals surface area contributed by atoms with Crippen molar-refractivity contribution in [2.75, 3.05) is 0 Å². The smallest absolute Gasteiger partial charge is 0.144 e. The van der Waals surface area contributed by atoms with Gasteiger partial charge in [0.05, 0.1) is 27.8 Å². The fourth-order valence-electron chi connectivity index (χ4n) is 7.87. The number of hydrogen-bond donors (Lipinski definition) is 0. The first kappa shape index (κ1) is 27.9. The molecule has 0 fully saturated rings. The number of fused-ring (bicyclic) bond motifs is 11. The van der Waals surface area contributed by atoms with Crippen LogP contribution in [0, 0.1) is 0 Å². The molecule has 6 aromatic carbocycles. The molecule has 5 heterocycles. The van der Waals surface area contributed by atoms with Crippen LogP contribution in [0.2, 0.25) is 0 Å². The average molecular weight is 651 g/mol. The Morgan fingerprint density at radius 1 is 0.392 bits per heavy atom. The minimum atomic E-state index is 0.890. The number of para-hydroxylation sites is 2. The fraction of sp³-hybridized carbons (Fsp3) is 0. The molecule has 11 aromatic rings. The standard InChI is InChI=1S/C46H26N4O/c1-3-11-39-37(9-1)41-38(22-21-36-33-8-2-4-12-40(33)51-46(36)41)42(50-39)29-15-13-27(14-16-29)30-19-20-31(34-10-6-25-48-44(30)34)32-23-26-49-45-35(32)18-17-28-7-5-24-47-43(28)45/h1-26H. The van der Waals surface area contributed by atoms with Crippen molar-refractivity contribution in [3.8, 4) is 33.5 Å². The van der Waals surface area contributed by atoms with E-state index in [1.165, 1.54) is 0 Å². The van der Waals surface area contributed by atoms with Crippen molar-refractivity contribution in [1.29, 1.82) is 0 Å². The highest BCUT2D eigenvalue weighted by molar-refractivity contribution is 6.24. The van der Waals surface area contributed by atoms with E-state index in [4.69, 9.17) is 19.4 Å². The molecule has 11 rings (SSSR count). The van der Waals surface area contributed by atoms with E-state index in [0.717, 1.165) is 110 Å². The van der Waals surface area contributed by atoms with Gasteiger partial charge in [0, 0.05) is 72.8 Å². The van der Waals surface area contributed by atoms with Gasteiger partial charge in [-0.05, 0) is 53.1 Å². The molecule has 0 saturated carbocycles. The van der Waals surface area contributed by atoms with Crippen molar-refractivity contribution < 1.29 is 4.42 Å². The van der Waals surface area contributed by atoms with Crippen molar-refractivity contribution in [3.63, 3.8) is 0 Å². The Morgan fingerprint density at radius 3 is 1.98 bits per heavy atom. The van der Waals surface area contributed by atoms with Crippen LogP contribution in [0.15, 0.2) is 163 Å². The van der Waals surface area contributed by atoms with Gasteiger partial charge < -0.3 is 4.42 Å². The number of pyridine rings is 4. The maximum absolute atomic E-state index is 6.53. The molecule has 5 heteroatoms. The Hall–Kier alpha value is -6.98. The minimum absolute atomic E-state index is 0.890. The third-order valence-corrected chi connectivity index (χ3v) is 10.2. The van der Waals surface area contributed by atoms with Gasteiger partial charge in [0.25, 0.3) is 0 Å². The van der Waals surface area contributed by atoms with E-state index in [0.29, 0.717) is 0 Å². The first-order chi connectivity index (χ1) is 25.3.